The van der Waals surface area contributed by atoms with Gasteiger partial charge in [0, 0.05) is 12.2 Å². The number of ether oxygens (including phenoxy) is 1. The van der Waals surface area contributed by atoms with E-state index in [1.165, 1.54) is 0 Å². The second-order valence-corrected chi connectivity index (χ2v) is 3.21. The molecule has 1 aromatic carbocycles. The predicted octanol–water partition coefficient (Wildman–Crippen LogP) is 1.37. The molecule has 15 heavy (non-hydrogen) atoms. The summed E-state index contributed by atoms with van der Waals surface area (Å²) in [5, 5.41) is 3.24. The van der Waals surface area contributed by atoms with Crippen molar-refractivity contribution in [3.63, 3.8) is 0 Å². The fourth-order valence-electron chi connectivity index (χ4n) is 1.09. The third kappa shape index (κ3) is 4.35. The summed E-state index contributed by atoms with van der Waals surface area (Å²) in [6.45, 7) is 2.97. The van der Waals surface area contributed by atoms with Gasteiger partial charge in [0.15, 0.2) is 6.61 Å². The monoisotopic (exact) mass is 208 g/mol. The first kappa shape index (κ1) is 11.4. The zero-order valence-corrected chi connectivity index (χ0v) is 8.82. The number of anilines is 1. The van der Waals surface area contributed by atoms with Crippen molar-refractivity contribution in [1.29, 1.82) is 0 Å². The van der Waals surface area contributed by atoms with E-state index in [0.717, 1.165) is 18.7 Å². The molecule has 0 fully saturated rings. The number of carbonyl (C=O) groups is 1. The molecule has 0 aromatic heterocycles. The van der Waals surface area contributed by atoms with E-state index in [-0.39, 0.29) is 6.61 Å². The van der Waals surface area contributed by atoms with Crippen molar-refractivity contribution >= 4 is 11.6 Å². The molecule has 0 aliphatic carbocycles. The Balaban J connectivity index is 2.45. The molecule has 0 spiro atoms. The molecule has 0 aliphatic heterocycles. The standard InChI is InChI=1S/C11H16N2O2/c1-2-7-13-9-3-5-10(6-4-9)15-8-11(12)14/h3-6,13H,2,7-8H2,1H3,(H2,12,14). The van der Waals surface area contributed by atoms with Gasteiger partial charge in [0.25, 0.3) is 5.91 Å². The first-order chi connectivity index (χ1) is 7.22. The molecule has 1 rings (SSSR count). The van der Waals surface area contributed by atoms with Gasteiger partial charge < -0.3 is 15.8 Å². The van der Waals surface area contributed by atoms with Crippen molar-refractivity contribution in [2.75, 3.05) is 18.5 Å². The fraction of sp³-hybridized carbons (Fsp3) is 0.364. The third-order valence-electron chi connectivity index (χ3n) is 1.81. The molecule has 82 valence electrons. The molecular weight excluding hydrogens is 192 g/mol. The molecule has 1 aromatic rings. The SMILES string of the molecule is CCCNc1ccc(OCC(N)=O)cc1. The van der Waals surface area contributed by atoms with Crippen LogP contribution in [0, 0.1) is 0 Å². The summed E-state index contributed by atoms with van der Waals surface area (Å²) in [4.78, 5) is 10.5. The summed E-state index contributed by atoms with van der Waals surface area (Å²) in [6, 6.07) is 7.43. The molecule has 0 heterocycles. The molecule has 0 saturated heterocycles. The lowest BCUT2D eigenvalue weighted by atomic mass is 10.3. The largest absolute Gasteiger partial charge is 0.484 e. The molecule has 1 amide bonds. The third-order valence-corrected chi connectivity index (χ3v) is 1.81. The van der Waals surface area contributed by atoms with Gasteiger partial charge in [-0.3, -0.25) is 4.79 Å². The predicted molar refractivity (Wildman–Crippen MR) is 59.9 cm³/mol. The Morgan fingerprint density at radius 2 is 2.07 bits per heavy atom. The Bertz CT molecular complexity index is 309. The minimum absolute atomic E-state index is 0.0816. The highest BCUT2D eigenvalue weighted by atomic mass is 16.5. The number of amides is 1. The summed E-state index contributed by atoms with van der Waals surface area (Å²) >= 11 is 0. The number of hydrogen-bond donors (Lipinski definition) is 2. The van der Waals surface area contributed by atoms with E-state index in [9.17, 15) is 4.79 Å². The van der Waals surface area contributed by atoms with Crippen LogP contribution < -0.4 is 15.8 Å². The van der Waals surface area contributed by atoms with E-state index in [0.29, 0.717) is 5.75 Å². The molecule has 4 nitrogen and oxygen atoms in total. The molecule has 4 heteroatoms. The summed E-state index contributed by atoms with van der Waals surface area (Å²) in [7, 11) is 0. The van der Waals surface area contributed by atoms with Crippen molar-refractivity contribution in [3.8, 4) is 5.75 Å². The van der Waals surface area contributed by atoms with Crippen LogP contribution in [0.15, 0.2) is 24.3 Å². The summed E-state index contributed by atoms with van der Waals surface area (Å²) in [5.41, 5.74) is 6.00. The normalized spacial score (nSPS) is 9.67. The number of nitrogens with two attached hydrogens (primary N) is 1. The lowest BCUT2D eigenvalue weighted by Gasteiger charge is -2.06. The second kappa shape index (κ2) is 5.90. The molecule has 0 unspecified atom stereocenters. The van der Waals surface area contributed by atoms with E-state index in [1.807, 2.05) is 12.1 Å². The van der Waals surface area contributed by atoms with Crippen LogP contribution in [0.25, 0.3) is 0 Å². The maximum atomic E-state index is 10.5. The molecule has 0 saturated carbocycles. The Morgan fingerprint density at radius 3 is 2.60 bits per heavy atom. The Hall–Kier alpha value is -1.71. The second-order valence-electron chi connectivity index (χ2n) is 3.21. The summed E-state index contributed by atoms with van der Waals surface area (Å²) in [6.07, 6.45) is 1.08. The van der Waals surface area contributed by atoms with Crippen molar-refractivity contribution in [2.45, 2.75) is 13.3 Å². The average molecular weight is 208 g/mol. The van der Waals surface area contributed by atoms with Gasteiger partial charge in [-0.05, 0) is 30.7 Å². The van der Waals surface area contributed by atoms with Crippen LogP contribution in [0.5, 0.6) is 5.75 Å². The quantitative estimate of drug-likeness (QED) is 0.742. The number of benzene rings is 1. The highest BCUT2D eigenvalue weighted by molar-refractivity contribution is 5.75. The van der Waals surface area contributed by atoms with Gasteiger partial charge in [-0.25, -0.2) is 0 Å². The fourth-order valence-corrected chi connectivity index (χ4v) is 1.09. The minimum atomic E-state index is -0.469. The van der Waals surface area contributed by atoms with Crippen molar-refractivity contribution in [2.24, 2.45) is 5.73 Å². The Kier molecular flexibility index (Phi) is 4.47. The number of hydrogen-bond acceptors (Lipinski definition) is 3. The summed E-state index contributed by atoms with van der Waals surface area (Å²) < 4.78 is 5.12. The lowest BCUT2D eigenvalue weighted by molar-refractivity contribution is -0.119. The number of nitrogens with one attached hydrogen (secondary N) is 1. The maximum absolute atomic E-state index is 10.5. The van der Waals surface area contributed by atoms with Gasteiger partial charge in [0.05, 0.1) is 0 Å². The molecule has 0 atom stereocenters. The molecule has 3 N–H and O–H groups in total. The molecule has 0 radical (unpaired) electrons. The van der Waals surface area contributed by atoms with Gasteiger partial charge >= 0.3 is 0 Å². The Morgan fingerprint density at radius 1 is 1.40 bits per heavy atom. The molecular formula is C11H16N2O2. The lowest BCUT2D eigenvalue weighted by Crippen LogP contribution is -2.19. The van der Waals surface area contributed by atoms with Gasteiger partial charge in [0.1, 0.15) is 5.75 Å². The van der Waals surface area contributed by atoms with Gasteiger partial charge in [-0.2, -0.15) is 0 Å². The smallest absolute Gasteiger partial charge is 0.255 e. The maximum Gasteiger partial charge on any atom is 0.255 e. The molecule has 0 aliphatic rings. The van der Waals surface area contributed by atoms with E-state index >= 15 is 0 Å². The van der Waals surface area contributed by atoms with Gasteiger partial charge in [0.2, 0.25) is 0 Å². The van der Waals surface area contributed by atoms with Crippen LogP contribution >= 0.6 is 0 Å². The van der Waals surface area contributed by atoms with Gasteiger partial charge in [-0.1, -0.05) is 6.92 Å². The average Bonchev–Trinajstić information content (AvgIpc) is 2.25. The zero-order valence-electron chi connectivity index (χ0n) is 8.82. The minimum Gasteiger partial charge on any atom is -0.484 e. The van der Waals surface area contributed by atoms with E-state index in [4.69, 9.17) is 10.5 Å². The van der Waals surface area contributed by atoms with Crippen molar-refractivity contribution in [3.05, 3.63) is 24.3 Å². The van der Waals surface area contributed by atoms with E-state index in [1.54, 1.807) is 12.1 Å². The summed E-state index contributed by atoms with van der Waals surface area (Å²) in [5.74, 6) is 0.180. The van der Waals surface area contributed by atoms with Crippen LogP contribution in [0.1, 0.15) is 13.3 Å². The number of rotatable bonds is 6. The Labute approximate surface area is 89.4 Å². The highest BCUT2D eigenvalue weighted by Crippen LogP contribution is 2.15. The number of primary amides is 1. The first-order valence-corrected chi connectivity index (χ1v) is 4.97. The van der Waals surface area contributed by atoms with Crippen LogP contribution in [-0.2, 0) is 4.79 Å². The van der Waals surface area contributed by atoms with Crippen LogP contribution in [-0.4, -0.2) is 19.1 Å². The first-order valence-electron chi connectivity index (χ1n) is 4.97. The van der Waals surface area contributed by atoms with Gasteiger partial charge in [-0.15, -0.1) is 0 Å². The van der Waals surface area contributed by atoms with Crippen molar-refractivity contribution in [1.82, 2.24) is 0 Å². The van der Waals surface area contributed by atoms with Crippen molar-refractivity contribution < 1.29 is 9.53 Å². The van der Waals surface area contributed by atoms with Crippen LogP contribution in [0.2, 0.25) is 0 Å². The van der Waals surface area contributed by atoms with Crippen LogP contribution in [0.4, 0.5) is 5.69 Å². The van der Waals surface area contributed by atoms with E-state index < -0.39 is 5.91 Å². The van der Waals surface area contributed by atoms with Crippen LogP contribution in [0.3, 0.4) is 0 Å². The zero-order chi connectivity index (χ0) is 11.1. The molecule has 0 bridgehead atoms. The highest BCUT2D eigenvalue weighted by Gasteiger charge is 1.97. The number of carbonyl (C=O) groups excluding carboxylic acids is 1. The van der Waals surface area contributed by atoms with E-state index in [2.05, 4.69) is 12.2 Å². The topological polar surface area (TPSA) is 64.3 Å².